The SMILES string of the molecule is CCCCCCCCCc1ccc(-c2ccccc2-c2ccc(OC(=O)C(C)(F)CCCCCCC)cc2)cc1. The second-order valence-corrected chi connectivity index (χ2v) is 11.4. The second-order valence-electron chi connectivity index (χ2n) is 11.4. The second kappa shape index (κ2) is 17.0. The number of hydrogen-bond acceptors (Lipinski definition) is 2. The van der Waals surface area contributed by atoms with Crippen molar-refractivity contribution in [2.24, 2.45) is 0 Å². The van der Waals surface area contributed by atoms with Crippen LogP contribution in [0.1, 0.15) is 110 Å². The van der Waals surface area contributed by atoms with Crippen LogP contribution in [0.25, 0.3) is 22.3 Å². The molecule has 40 heavy (non-hydrogen) atoms. The number of halogens is 1. The minimum absolute atomic E-state index is 0.193. The van der Waals surface area contributed by atoms with Crippen LogP contribution in [-0.2, 0) is 11.2 Å². The first-order valence-corrected chi connectivity index (χ1v) is 15.6. The van der Waals surface area contributed by atoms with Crippen molar-refractivity contribution < 1.29 is 13.9 Å². The molecule has 1 atom stereocenters. The Balaban J connectivity index is 1.58. The van der Waals surface area contributed by atoms with Crippen LogP contribution in [0.5, 0.6) is 5.75 Å². The Morgan fingerprint density at radius 2 is 1.12 bits per heavy atom. The first-order chi connectivity index (χ1) is 19.4. The molecule has 0 spiro atoms. The van der Waals surface area contributed by atoms with E-state index in [9.17, 15) is 9.18 Å². The van der Waals surface area contributed by atoms with Crippen molar-refractivity contribution in [1.29, 1.82) is 0 Å². The number of ether oxygens (including phenoxy) is 1. The lowest BCUT2D eigenvalue weighted by Crippen LogP contribution is -2.34. The van der Waals surface area contributed by atoms with E-state index in [4.69, 9.17) is 4.74 Å². The summed E-state index contributed by atoms with van der Waals surface area (Å²) in [5.41, 5.74) is 3.90. The Kier molecular flexibility index (Phi) is 13.4. The fourth-order valence-corrected chi connectivity index (χ4v) is 5.20. The van der Waals surface area contributed by atoms with Gasteiger partial charge in [0.1, 0.15) is 5.75 Å². The molecular formula is C37H49FO2. The summed E-state index contributed by atoms with van der Waals surface area (Å²) >= 11 is 0. The molecule has 216 valence electrons. The molecule has 0 saturated heterocycles. The van der Waals surface area contributed by atoms with Crippen LogP contribution in [0.4, 0.5) is 4.39 Å². The van der Waals surface area contributed by atoms with E-state index in [0.29, 0.717) is 12.2 Å². The van der Waals surface area contributed by atoms with E-state index in [1.54, 1.807) is 12.1 Å². The lowest BCUT2D eigenvalue weighted by atomic mass is 9.93. The van der Waals surface area contributed by atoms with Crippen molar-refractivity contribution in [2.75, 3.05) is 0 Å². The normalized spacial score (nSPS) is 12.7. The summed E-state index contributed by atoms with van der Waals surface area (Å²) in [6, 6.07) is 24.7. The Morgan fingerprint density at radius 3 is 1.68 bits per heavy atom. The van der Waals surface area contributed by atoms with E-state index in [0.717, 1.165) is 48.8 Å². The van der Waals surface area contributed by atoms with E-state index in [2.05, 4.69) is 56.3 Å². The van der Waals surface area contributed by atoms with Gasteiger partial charge in [-0.1, -0.05) is 139 Å². The zero-order valence-corrected chi connectivity index (χ0v) is 25.0. The average Bonchev–Trinajstić information content (AvgIpc) is 2.97. The summed E-state index contributed by atoms with van der Waals surface area (Å²) in [6.07, 6.45) is 15.6. The molecule has 0 N–H and O–H groups in total. The first-order valence-electron chi connectivity index (χ1n) is 15.6. The smallest absolute Gasteiger partial charge is 0.348 e. The van der Waals surface area contributed by atoms with Crippen LogP contribution < -0.4 is 4.74 Å². The van der Waals surface area contributed by atoms with Gasteiger partial charge in [-0.05, 0) is 72.6 Å². The average molecular weight is 545 g/mol. The number of carbonyl (C=O) groups excluding carboxylic acids is 1. The molecule has 0 bridgehead atoms. The zero-order valence-electron chi connectivity index (χ0n) is 25.0. The standard InChI is InChI=1S/C37H49FO2/c1-4-6-8-10-11-12-14-18-30-21-23-31(24-22-30)34-19-15-16-20-35(34)32-25-27-33(28-26-32)40-36(39)37(3,38)29-17-13-9-7-5-2/h15-16,19-28H,4-14,17-18,29H2,1-3H3. The maximum absolute atomic E-state index is 15.0. The molecule has 3 aromatic rings. The highest BCUT2D eigenvalue weighted by Gasteiger charge is 2.34. The fourth-order valence-electron chi connectivity index (χ4n) is 5.20. The molecule has 0 saturated carbocycles. The van der Waals surface area contributed by atoms with Crippen molar-refractivity contribution in [2.45, 2.75) is 116 Å². The molecule has 0 radical (unpaired) electrons. The predicted molar refractivity (Wildman–Crippen MR) is 168 cm³/mol. The molecule has 3 aromatic carbocycles. The molecule has 1 unspecified atom stereocenters. The van der Waals surface area contributed by atoms with Gasteiger partial charge in [0.2, 0.25) is 5.67 Å². The Bertz CT molecular complexity index is 1130. The van der Waals surface area contributed by atoms with Crippen molar-refractivity contribution in [3.8, 4) is 28.0 Å². The van der Waals surface area contributed by atoms with Crippen molar-refractivity contribution >= 4 is 5.97 Å². The quantitative estimate of drug-likeness (QED) is 0.0904. The third-order valence-corrected chi connectivity index (χ3v) is 7.81. The van der Waals surface area contributed by atoms with Gasteiger partial charge < -0.3 is 4.74 Å². The summed E-state index contributed by atoms with van der Waals surface area (Å²) < 4.78 is 20.4. The molecule has 3 heteroatoms. The largest absolute Gasteiger partial charge is 0.424 e. The summed E-state index contributed by atoms with van der Waals surface area (Å²) in [4.78, 5) is 12.5. The Morgan fingerprint density at radius 1 is 0.650 bits per heavy atom. The third kappa shape index (κ3) is 10.2. The Labute approximate surface area is 242 Å². The van der Waals surface area contributed by atoms with Gasteiger partial charge in [0.25, 0.3) is 0 Å². The van der Waals surface area contributed by atoms with E-state index < -0.39 is 11.6 Å². The van der Waals surface area contributed by atoms with Crippen LogP contribution in [-0.4, -0.2) is 11.6 Å². The maximum Gasteiger partial charge on any atom is 0.348 e. The zero-order chi connectivity index (χ0) is 28.6. The highest BCUT2D eigenvalue weighted by Crippen LogP contribution is 2.33. The number of rotatable bonds is 18. The van der Waals surface area contributed by atoms with Crippen LogP contribution in [0, 0.1) is 0 Å². The summed E-state index contributed by atoms with van der Waals surface area (Å²) in [5.74, 6) is -0.441. The van der Waals surface area contributed by atoms with Gasteiger partial charge in [-0.3, -0.25) is 0 Å². The molecule has 0 aromatic heterocycles. The third-order valence-electron chi connectivity index (χ3n) is 7.81. The molecule has 0 aliphatic rings. The number of aryl methyl sites for hydroxylation is 1. The molecule has 0 fully saturated rings. The Hall–Kier alpha value is -2.94. The van der Waals surface area contributed by atoms with Gasteiger partial charge in [0.15, 0.2) is 0 Å². The highest BCUT2D eigenvalue weighted by atomic mass is 19.1. The molecule has 0 aliphatic carbocycles. The molecule has 0 amide bonds. The van der Waals surface area contributed by atoms with Crippen LogP contribution in [0.2, 0.25) is 0 Å². The van der Waals surface area contributed by atoms with Crippen molar-refractivity contribution in [3.63, 3.8) is 0 Å². The molecular weight excluding hydrogens is 495 g/mol. The summed E-state index contributed by atoms with van der Waals surface area (Å²) in [6.45, 7) is 5.74. The van der Waals surface area contributed by atoms with Gasteiger partial charge in [-0.15, -0.1) is 0 Å². The number of benzene rings is 3. The summed E-state index contributed by atoms with van der Waals surface area (Å²) in [5, 5.41) is 0. The highest BCUT2D eigenvalue weighted by molar-refractivity contribution is 5.84. The topological polar surface area (TPSA) is 26.3 Å². The first kappa shape index (κ1) is 31.6. The number of esters is 1. The number of unbranched alkanes of at least 4 members (excludes halogenated alkanes) is 10. The van der Waals surface area contributed by atoms with E-state index in [1.165, 1.54) is 63.0 Å². The van der Waals surface area contributed by atoms with Crippen LogP contribution in [0.3, 0.4) is 0 Å². The van der Waals surface area contributed by atoms with Crippen molar-refractivity contribution in [1.82, 2.24) is 0 Å². The predicted octanol–water partition coefficient (Wildman–Crippen LogP) is 11.3. The van der Waals surface area contributed by atoms with Gasteiger partial charge in [-0.25, -0.2) is 9.18 Å². The molecule has 0 aliphatic heterocycles. The lowest BCUT2D eigenvalue weighted by molar-refractivity contribution is -0.147. The summed E-state index contributed by atoms with van der Waals surface area (Å²) in [7, 11) is 0. The van der Waals surface area contributed by atoms with E-state index in [1.807, 2.05) is 18.2 Å². The van der Waals surface area contributed by atoms with Gasteiger partial charge in [-0.2, -0.15) is 0 Å². The lowest BCUT2D eigenvalue weighted by Gasteiger charge is -2.18. The molecule has 0 heterocycles. The minimum atomic E-state index is -1.97. The monoisotopic (exact) mass is 544 g/mol. The van der Waals surface area contributed by atoms with Gasteiger partial charge >= 0.3 is 5.97 Å². The van der Waals surface area contributed by atoms with Gasteiger partial charge in [0.05, 0.1) is 0 Å². The van der Waals surface area contributed by atoms with Crippen LogP contribution in [0.15, 0.2) is 72.8 Å². The minimum Gasteiger partial charge on any atom is -0.424 e. The van der Waals surface area contributed by atoms with Crippen LogP contribution >= 0.6 is 0 Å². The van der Waals surface area contributed by atoms with Crippen molar-refractivity contribution in [3.05, 3.63) is 78.4 Å². The molecule has 3 rings (SSSR count). The fraction of sp³-hybridized carbons (Fsp3) is 0.486. The molecule has 2 nitrogen and oxygen atoms in total. The van der Waals surface area contributed by atoms with E-state index in [-0.39, 0.29) is 6.42 Å². The van der Waals surface area contributed by atoms with E-state index >= 15 is 0 Å². The maximum atomic E-state index is 15.0. The van der Waals surface area contributed by atoms with Gasteiger partial charge in [0, 0.05) is 0 Å². The number of hydrogen-bond donors (Lipinski definition) is 0. The number of carbonyl (C=O) groups is 1. The number of alkyl halides is 1.